The van der Waals surface area contributed by atoms with Crippen LogP contribution in [-0.2, 0) is 13.1 Å². The van der Waals surface area contributed by atoms with Crippen LogP contribution in [0, 0.1) is 0 Å². The highest BCUT2D eigenvalue weighted by atomic mass is 127. The maximum absolute atomic E-state index is 4.66. The second kappa shape index (κ2) is 10.5. The van der Waals surface area contributed by atoms with Crippen LogP contribution in [0.25, 0.3) is 5.82 Å². The van der Waals surface area contributed by atoms with Gasteiger partial charge >= 0.3 is 0 Å². The average molecular weight is 462 g/mol. The number of nitrogens with one attached hydrogen (secondary N) is 2. The first kappa shape index (κ1) is 19.9. The number of hydrogen-bond donors (Lipinski definition) is 2. The van der Waals surface area contributed by atoms with Crippen LogP contribution >= 0.6 is 24.0 Å². The zero-order chi connectivity index (χ0) is 17.3. The smallest absolute Gasteiger partial charge is 0.191 e. The lowest BCUT2D eigenvalue weighted by molar-refractivity contribution is 0.813. The molecule has 0 fully saturated rings. The van der Waals surface area contributed by atoms with Crippen LogP contribution < -0.4 is 10.6 Å². The van der Waals surface area contributed by atoms with Crippen molar-refractivity contribution in [2.45, 2.75) is 20.0 Å². The topological polar surface area (TPSA) is 67.1 Å². The Hall–Kier alpha value is -2.42. The molecule has 2 N–H and O–H groups in total. The minimum Gasteiger partial charge on any atom is -0.357 e. The summed E-state index contributed by atoms with van der Waals surface area (Å²) in [6, 6.07) is 16.1. The molecule has 2 aromatic heterocycles. The summed E-state index contributed by atoms with van der Waals surface area (Å²) in [5, 5.41) is 10.8. The summed E-state index contributed by atoms with van der Waals surface area (Å²) in [6.45, 7) is 4.18. The summed E-state index contributed by atoms with van der Waals surface area (Å²) < 4.78 is 1.74. The highest BCUT2D eigenvalue weighted by molar-refractivity contribution is 14.0. The molecular formula is C19H23IN6. The van der Waals surface area contributed by atoms with Crippen molar-refractivity contribution in [3.8, 4) is 5.82 Å². The van der Waals surface area contributed by atoms with Crippen LogP contribution in [-0.4, -0.2) is 27.3 Å². The fourth-order valence-corrected chi connectivity index (χ4v) is 2.38. The Balaban J connectivity index is 0.00000243. The van der Waals surface area contributed by atoms with Crippen LogP contribution in [0.2, 0.25) is 0 Å². The highest BCUT2D eigenvalue weighted by Gasteiger charge is 2.01. The molecule has 26 heavy (non-hydrogen) atoms. The molecule has 2 heterocycles. The summed E-state index contributed by atoms with van der Waals surface area (Å²) >= 11 is 0. The van der Waals surface area contributed by atoms with Crippen molar-refractivity contribution < 1.29 is 0 Å². The SMILES string of the molecule is CCNC(=NCc1ccnc(-n2cccn2)c1)NCc1ccccc1.I. The van der Waals surface area contributed by atoms with Gasteiger partial charge in [0.05, 0.1) is 6.54 Å². The molecule has 0 aliphatic heterocycles. The van der Waals surface area contributed by atoms with Crippen molar-refractivity contribution in [3.05, 3.63) is 78.2 Å². The molecule has 0 spiro atoms. The van der Waals surface area contributed by atoms with E-state index < -0.39 is 0 Å². The Labute approximate surface area is 170 Å². The Kier molecular flexibility index (Phi) is 8.07. The third-order valence-electron chi connectivity index (χ3n) is 3.62. The van der Waals surface area contributed by atoms with Crippen LogP contribution in [0.15, 0.2) is 72.1 Å². The number of nitrogens with zero attached hydrogens (tertiary/aromatic N) is 4. The molecule has 6 nitrogen and oxygen atoms in total. The zero-order valence-corrected chi connectivity index (χ0v) is 17.0. The third kappa shape index (κ3) is 5.83. The van der Waals surface area contributed by atoms with Crippen molar-refractivity contribution in [1.82, 2.24) is 25.4 Å². The van der Waals surface area contributed by atoms with Gasteiger partial charge in [0.25, 0.3) is 0 Å². The number of guanidine groups is 1. The van der Waals surface area contributed by atoms with Crippen LogP contribution in [0.1, 0.15) is 18.1 Å². The molecule has 7 heteroatoms. The summed E-state index contributed by atoms with van der Waals surface area (Å²) in [5.41, 5.74) is 2.30. The molecule has 0 saturated heterocycles. The fourth-order valence-electron chi connectivity index (χ4n) is 2.38. The molecule has 0 radical (unpaired) electrons. The molecule has 1 aromatic carbocycles. The monoisotopic (exact) mass is 462 g/mol. The van der Waals surface area contributed by atoms with E-state index in [1.54, 1.807) is 17.1 Å². The lowest BCUT2D eigenvalue weighted by atomic mass is 10.2. The van der Waals surface area contributed by atoms with Gasteiger partial charge < -0.3 is 10.6 Å². The fraction of sp³-hybridized carbons (Fsp3) is 0.211. The number of pyridine rings is 1. The molecule has 0 unspecified atom stereocenters. The maximum Gasteiger partial charge on any atom is 0.191 e. The van der Waals surface area contributed by atoms with Crippen LogP contribution in [0.4, 0.5) is 0 Å². The number of hydrogen-bond acceptors (Lipinski definition) is 3. The van der Waals surface area contributed by atoms with Crippen molar-refractivity contribution in [2.24, 2.45) is 4.99 Å². The quantitative estimate of drug-likeness (QED) is 0.336. The first-order valence-corrected chi connectivity index (χ1v) is 8.36. The van der Waals surface area contributed by atoms with Gasteiger partial charge in [0, 0.05) is 31.7 Å². The standard InChI is InChI=1S/C19H22N6.HI/c1-2-20-19(22-14-16-7-4-3-5-8-16)23-15-17-9-11-21-18(13-17)25-12-6-10-24-25;/h3-13H,2,14-15H2,1H3,(H2,20,22,23);1H. The molecule has 136 valence electrons. The third-order valence-corrected chi connectivity index (χ3v) is 3.62. The Morgan fingerprint density at radius 3 is 2.62 bits per heavy atom. The number of halogens is 1. The second-order valence-electron chi connectivity index (χ2n) is 5.51. The van der Waals surface area contributed by atoms with Crippen LogP contribution in [0.3, 0.4) is 0 Å². The first-order valence-electron chi connectivity index (χ1n) is 8.36. The van der Waals surface area contributed by atoms with E-state index in [1.807, 2.05) is 42.6 Å². The summed E-state index contributed by atoms with van der Waals surface area (Å²) in [5.74, 6) is 1.59. The van der Waals surface area contributed by atoms with Crippen molar-refractivity contribution in [1.29, 1.82) is 0 Å². The van der Waals surface area contributed by atoms with Gasteiger partial charge in [-0.05, 0) is 36.2 Å². The Morgan fingerprint density at radius 2 is 1.88 bits per heavy atom. The molecular weight excluding hydrogens is 439 g/mol. The van der Waals surface area contributed by atoms with Gasteiger partial charge in [-0.15, -0.1) is 24.0 Å². The zero-order valence-electron chi connectivity index (χ0n) is 14.7. The lowest BCUT2D eigenvalue weighted by Gasteiger charge is -2.11. The lowest BCUT2D eigenvalue weighted by Crippen LogP contribution is -2.36. The minimum atomic E-state index is 0. The average Bonchev–Trinajstić information content (AvgIpc) is 3.20. The van der Waals surface area contributed by atoms with Crippen molar-refractivity contribution >= 4 is 29.9 Å². The maximum atomic E-state index is 4.66. The second-order valence-corrected chi connectivity index (χ2v) is 5.51. The van der Waals surface area contributed by atoms with E-state index in [1.165, 1.54) is 5.56 Å². The van der Waals surface area contributed by atoms with E-state index >= 15 is 0 Å². The van der Waals surface area contributed by atoms with Gasteiger partial charge in [-0.25, -0.2) is 14.7 Å². The predicted molar refractivity (Wildman–Crippen MR) is 115 cm³/mol. The molecule has 0 aliphatic rings. The summed E-state index contributed by atoms with van der Waals surface area (Å²) in [6.07, 6.45) is 5.40. The predicted octanol–water partition coefficient (Wildman–Crippen LogP) is 3.14. The van der Waals surface area contributed by atoms with E-state index in [0.29, 0.717) is 6.54 Å². The molecule has 0 saturated carbocycles. The van der Waals surface area contributed by atoms with E-state index in [9.17, 15) is 0 Å². The Bertz CT molecular complexity index is 802. The van der Waals surface area contributed by atoms with Crippen LogP contribution in [0.5, 0.6) is 0 Å². The van der Waals surface area contributed by atoms with Gasteiger partial charge in [-0.2, -0.15) is 5.10 Å². The van der Waals surface area contributed by atoms with E-state index in [2.05, 4.69) is 44.8 Å². The van der Waals surface area contributed by atoms with Gasteiger partial charge in [0.2, 0.25) is 0 Å². The van der Waals surface area contributed by atoms with Crippen molar-refractivity contribution in [2.75, 3.05) is 6.54 Å². The highest BCUT2D eigenvalue weighted by Crippen LogP contribution is 2.07. The molecule has 0 amide bonds. The van der Waals surface area contributed by atoms with Crippen molar-refractivity contribution in [3.63, 3.8) is 0 Å². The molecule has 3 aromatic rings. The van der Waals surface area contributed by atoms with E-state index in [4.69, 9.17) is 0 Å². The van der Waals surface area contributed by atoms with Gasteiger partial charge in [-0.1, -0.05) is 30.3 Å². The number of benzene rings is 1. The van der Waals surface area contributed by atoms with Gasteiger partial charge in [0.15, 0.2) is 11.8 Å². The molecule has 0 atom stereocenters. The van der Waals surface area contributed by atoms with E-state index in [-0.39, 0.29) is 24.0 Å². The summed E-state index contributed by atoms with van der Waals surface area (Å²) in [7, 11) is 0. The first-order chi connectivity index (χ1) is 12.3. The largest absolute Gasteiger partial charge is 0.357 e. The summed E-state index contributed by atoms with van der Waals surface area (Å²) in [4.78, 5) is 9.00. The number of aromatic nitrogens is 3. The number of rotatable bonds is 6. The molecule has 0 aliphatic carbocycles. The molecule has 3 rings (SSSR count). The Morgan fingerprint density at radius 1 is 1.04 bits per heavy atom. The van der Waals surface area contributed by atoms with Gasteiger partial charge in [0.1, 0.15) is 0 Å². The minimum absolute atomic E-state index is 0. The normalized spacial score (nSPS) is 10.9. The molecule has 0 bridgehead atoms. The number of aliphatic imine (C=N–C) groups is 1. The van der Waals surface area contributed by atoms with Gasteiger partial charge in [-0.3, -0.25) is 0 Å². The van der Waals surface area contributed by atoms with E-state index in [0.717, 1.165) is 30.4 Å².